The van der Waals surface area contributed by atoms with Crippen molar-refractivity contribution in [2.24, 2.45) is 0 Å². The molecule has 0 saturated heterocycles. The third-order valence-corrected chi connectivity index (χ3v) is 5.44. The quantitative estimate of drug-likeness (QED) is 0.469. The lowest BCUT2D eigenvalue weighted by atomic mass is 10.3. The van der Waals surface area contributed by atoms with Gasteiger partial charge >= 0.3 is 0 Å². The molecule has 4 rings (SSSR count). The van der Waals surface area contributed by atoms with Crippen LogP contribution >= 0.6 is 46.4 Å². The van der Waals surface area contributed by atoms with E-state index in [0.717, 1.165) is 0 Å². The van der Waals surface area contributed by atoms with Crippen molar-refractivity contribution in [2.45, 2.75) is 0 Å². The Bertz CT molecular complexity index is 1110. The maximum atomic E-state index is 8.51. The van der Waals surface area contributed by atoms with Crippen LogP contribution in [0, 0.1) is 10.8 Å². The van der Waals surface area contributed by atoms with Crippen molar-refractivity contribution in [1.82, 2.24) is 9.13 Å². The number of fused-ring (bicyclic) bond motifs is 1. The number of hydrogen-bond donors (Lipinski definition) is 4. The predicted octanol–water partition coefficient (Wildman–Crippen LogP) is 4.52. The van der Waals surface area contributed by atoms with E-state index < -0.39 is 0 Å². The molecular weight excluding hydrogens is 434 g/mol. The second-order valence-electron chi connectivity index (χ2n) is 5.57. The van der Waals surface area contributed by atoms with Crippen molar-refractivity contribution in [3.63, 3.8) is 0 Å². The molecule has 0 aliphatic carbocycles. The Labute approximate surface area is 172 Å². The molecule has 0 bridgehead atoms. The number of rotatable bonds is 2. The number of halogens is 4. The summed E-state index contributed by atoms with van der Waals surface area (Å²) in [6, 6.07) is 9.82. The maximum absolute atomic E-state index is 8.51. The molecule has 2 heterocycles. The Morgan fingerprint density at radius 1 is 0.667 bits per heavy atom. The summed E-state index contributed by atoms with van der Waals surface area (Å²) < 4.78 is 2.96. The lowest BCUT2D eigenvalue weighted by Gasteiger charge is -2.17. The van der Waals surface area contributed by atoms with Crippen LogP contribution in [0.15, 0.2) is 36.4 Å². The monoisotopic (exact) mass is 442 g/mol. The second kappa shape index (κ2) is 6.78. The van der Waals surface area contributed by atoms with Gasteiger partial charge in [0.25, 0.3) is 0 Å². The molecular formula is C16H10Cl4N6O. The average molecular weight is 444 g/mol. The van der Waals surface area contributed by atoms with Gasteiger partial charge in [-0.3, -0.25) is 20.0 Å². The number of anilines is 2. The fourth-order valence-corrected chi connectivity index (χ4v) is 3.31. The van der Waals surface area contributed by atoms with Gasteiger partial charge in [0.15, 0.2) is 22.6 Å². The van der Waals surface area contributed by atoms with Crippen LogP contribution in [0.5, 0.6) is 0 Å². The van der Waals surface area contributed by atoms with E-state index >= 15 is 0 Å². The second-order valence-corrected chi connectivity index (χ2v) is 7.20. The van der Waals surface area contributed by atoms with E-state index in [0.29, 0.717) is 43.1 Å². The average Bonchev–Trinajstić information content (AvgIpc) is 3.10. The smallest absolute Gasteiger partial charge is 0.182 e. The molecule has 0 fully saturated rings. The molecule has 138 valence electrons. The van der Waals surface area contributed by atoms with E-state index in [4.69, 9.17) is 62.2 Å². The van der Waals surface area contributed by atoms with Crippen LogP contribution in [0.2, 0.25) is 20.1 Å². The molecule has 2 aromatic carbocycles. The zero-order valence-corrected chi connectivity index (χ0v) is 16.3. The highest BCUT2D eigenvalue weighted by molar-refractivity contribution is 6.42. The Balaban J connectivity index is 2.03. The van der Waals surface area contributed by atoms with Crippen LogP contribution in [-0.2, 0) is 4.94 Å². The molecule has 0 radical (unpaired) electrons. The zero-order valence-electron chi connectivity index (χ0n) is 13.3. The zero-order chi connectivity index (χ0) is 19.3. The summed E-state index contributed by atoms with van der Waals surface area (Å²) >= 11 is 24.2. The lowest BCUT2D eigenvalue weighted by molar-refractivity contribution is 0.279. The normalized spacial score (nSPS) is 12.4. The summed E-state index contributed by atoms with van der Waals surface area (Å²) in [5.74, 6) is 0.806. The van der Waals surface area contributed by atoms with Crippen molar-refractivity contribution < 1.29 is 4.94 Å². The van der Waals surface area contributed by atoms with Crippen molar-refractivity contribution in [3.05, 3.63) is 67.5 Å². The SMILES string of the molecule is N=c1c(=N)n(-c2ccc(Cl)c(Cl)c2)c2c(n1-c1ccc(Cl)c(Cl)c1)NON2. The van der Waals surface area contributed by atoms with E-state index in [1.807, 2.05) is 0 Å². The van der Waals surface area contributed by atoms with Gasteiger partial charge in [-0.1, -0.05) is 46.4 Å². The molecule has 0 atom stereocenters. The van der Waals surface area contributed by atoms with Crippen molar-refractivity contribution >= 4 is 58.0 Å². The van der Waals surface area contributed by atoms with Gasteiger partial charge in [0.1, 0.15) is 0 Å². The standard InChI is InChI=1S/C16H10Cl4N6O/c17-9-3-1-7(5-11(9)19)25-13(21)14(22)26(16-15(25)23-27-24-16)8-2-4-10(18)12(20)6-8/h1-6,21-24H. The van der Waals surface area contributed by atoms with Crippen LogP contribution in [-0.4, -0.2) is 9.13 Å². The predicted molar refractivity (Wildman–Crippen MR) is 105 cm³/mol. The molecule has 1 aliphatic rings. The highest BCUT2D eigenvalue weighted by Crippen LogP contribution is 2.32. The molecule has 4 N–H and O–H groups in total. The number of benzene rings is 2. The van der Waals surface area contributed by atoms with Gasteiger partial charge in [0.05, 0.1) is 31.5 Å². The van der Waals surface area contributed by atoms with Gasteiger partial charge in [-0.15, -0.1) is 0 Å². The number of nitrogens with zero attached hydrogens (tertiary/aromatic N) is 2. The molecule has 1 aliphatic heterocycles. The lowest BCUT2D eigenvalue weighted by Crippen LogP contribution is -2.41. The van der Waals surface area contributed by atoms with E-state index in [1.54, 1.807) is 36.4 Å². The highest BCUT2D eigenvalue weighted by atomic mass is 35.5. The van der Waals surface area contributed by atoms with Crippen molar-refractivity contribution in [3.8, 4) is 11.4 Å². The summed E-state index contributed by atoms with van der Waals surface area (Å²) in [6.45, 7) is 0. The molecule has 7 nitrogen and oxygen atoms in total. The Kier molecular flexibility index (Phi) is 4.57. The van der Waals surface area contributed by atoms with Crippen LogP contribution in [0.3, 0.4) is 0 Å². The molecule has 1 aromatic heterocycles. The number of nitrogens with one attached hydrogen (secondary N) is 4. The minimum absolute atomic E-state index is 0.113. The van der Waals surface area contributed by atoms with E-state index in [2.05, 4.69) is 11.0 Å². The van der Waals surface area contributed by atoms with Crippen molar-refractivity contribution in [1.29, 1.82) is 10.8 Å². The van der Waals surface area contributed by atoms with E-state index in [-0.39, 0.29) is 11.0 Å². The maximum Gasteiger partial charge on any atom is 0.182 e. The minimum Gasteiger partial charge on any atom is -0.281 e. The first-order valence-electron chi connectivity index (χ1n) is 7.48. The fourth-order valence-electron chi connectivity index (χ4n) is 2.72. The molecule has 0 amide bonds. The van der Waals surface area contributed by atoms with Crippen LogP contribution in [0.25, 0.3) is 11.4 Å². The summed E-state index contributed by atoms with van der Waals surface area (Å²) in [5, 5.41) is 18.4. The fraction of sp³-hybridized carbons (Fsp3) is 0. The van der Waals surface area contributed by atoms with Gasteiger partial charge < -0.3 is 0 Å². The van der Waals surface area contributed by atoms with Crippen LogP contribution < -0.4 is 21.9 Å². The first kappa shape index (κ1) is 18.2. The number of hydrogen-bond acceptors (Lipinski definition) is 5. The van der Waals surface area contributed by atoms with Crippen LogP contribution in [0.1, 0.15) is 0 Å². The third-order valence-electron chi connectivity index (χ3n) is 3.96. The van der Waals surface area contributed by atoms with Crippen molar-refractivity contribution in [2.75, 3.05) is 11.0 Å². The molecule has 27 heavy (non-hydrogen) atoms. The summed E-state index contributed by atoms with van der Waals surface area (Å²) in [4.78, 5) is 5.13. The summed E-state index contributed by atoms with van der Waals surface area (Å²) in [6.07, 6.45) is 0. The highest BCUT2D eigenvalue weighted by Gasteiger charge is 2.23. The Morgan fingerprint density at radius 3 is 1.44 bits per heavy atom. The van der Waals surface area contributed by atoms with Gasteiger partial charge in [-0.25, -0.2) is 11.0 Å². The van der Waals surface area contributed by atoms with E-state index in [1.165, 1.54) is 9.13 Å². The third kappa shape index (κ3) is 2.97. The molecule has 11 heteroatoms. The molecule has 3 aromatic rings. The first-order chi connectivity index (χ1) is 12.9. The van der Waals surface area contributed by atoms with E-state index in [9.17, 15) is 0 Å². The first-order valence-corrected chi connectivity index (χ1v) is 8.99. The molecule has 0 spiro atoms. The molecule has 0 unspecified atom stereocenters. The largest absolute Gasteiger partial charge is 0.281 e. The summed E-state index contributed by atoms with van der Waals surface area (Å²) in [7, 11) is 0. The van der Waals surface area contributed by atoms with Gasteiger partial charge in [-0.05, 0) is 36.4 Å². The van der Waals surface area contributed by atoms with Gasteiger partial charge in [0.2, 0.25) is 0 Å². The minimum atomic E-state index is -0.113. The Morgan fingerprint density at radius 2 is 1.07 bits per heavy atom. The van der Waals surface area contributed by atoms with Gasteiger partial charge in [0, 0.05) is 0 Å². The Hall–Kier alpha value is -2.16. The summed E-state index contributed by atoms with van der Waals surface area (Å²) in [5.41, 5.74) is 6.25. The molecule has 0 saturated carbocycles. The van der Waals surface area contributed by atoms with Gasteiger partial charge in [-0.2, -0.15) is 4.94 Å². The number of aromatic nitrogens is 2. The van der Waals surface area contributed by atoms with Crippen LogP contribution in [0.4, 0.5) is 11.6 Å². The topological polar surface area (TPSA) is 90.9 Å².